The first-order chi connectivity index (χ1) is 8.06. The van der Waals surface area contributed by atoms with Crippen molar-refractivity contribution < 1.29 is 9.53 Å². The number of hydrogen-bond donors (Lipinski definition) is 0. The molecular formula is C10H9Cl2N3O2. The molecule has 0 amide bonds. The van der Waals surface area contributed by atoms with E-state index in [-0.39, 0.29) is 17.5 Å². The van der Waals surface area contributed by atoms with Gasteiger partial charge in [0.15, 0.2) is 16.5 Å². The molecule has 0 aliphatic rings. The molecule has 0 fully saturated rings. The zero-order chi connectivity index (χ0) is 12.6. The van der Waals surface area contributed by atoms with Gasteiger partial charge in [0.05, 0.1) is 17.8 Å². The minimum absolute atomic E-state index is 0.200. The smallest absolute Gasteiger partial charge is 0.358 e. The van der Waals surface area contributed by atoms with Crippen molar-refractivity contribution in [2.45, 2.75) is 13.8 Å². The third-order valence-electron chi connectivity index (χ3n) is 2.25. The van der Waals surface area contributed by atoms with Crippen molar-refractivity contribution in [3.8, 4) is 0 Å². The quantitative estimate of drug-likeness (QED) is 0.789. The molecular weight excluding hydrogens is 265 g/mol. The van der Waals surface area contributed by atoms with Gasteiger partial charge in [0.1, 0.15) is 0 Å². The Morgan fingerprint density at radius 2 is 2.24 bits per heavy atom. The average Bonchev–Trinajstić information content (AvgIpc) is 2.70. The lowest BCUT2D eigenvalue weighted by atomic mass is 10.3. The summed E-state index contributed by atoms with van der Waals surface area (Å²) in [7, 11) is 0. The second-order valence-electron chi connectivity index (χ2n) is 3.33. The number of ether oxygens (including phenoxy) is 1. The third-order valence-corrected chi connectivity index (χ3v) is 3.06. The second-order valence-corrected chi connectivity index (χ2v) is 4.07. The minimum Gasteiger partial charge on any atom is -0.461 e. The van der Waals surface area contributed by atoms with Crippen LogP contribution in [0.4, 0.5) is 0 Å². The van der Waals surface area contributed by atoms with Gasteiger partial charge in [-0.1, -0.05) is 23.2 Å². The molecule has 2 aromatic heterocycles. The van der Waals surface area contributed by atoms with E-state index in [1.54, 1.807) is 13.8 Å². The molecule has 0 aliphatic carbocycles. The van der Waals surface area contributed by atoms with Gasteiger partial charge in [-0.2, -0.15) is 5.10 Å². The van der Waals surface area contributed by atoms with Crippen molar-refractivity contribution in [1.29, 1.82) is 0 Å². The van der Waals surface area contributed by atoms with Crippen molar-refractivity contribution in [2.24, 2.45) is 0 Å². The molecule has 0 aliphatic heterocycles. The number of aromatic nitrogens is 3. The highest BCUT2D eigenvalue weighted by molar-refractivity contribution is 6.37. The Morgan fingerprint density at radius 1 is 1.53 bits per heavy atom. The fourth-order valence-corrected chi connectivity index (χ4v) is 1.80. The largest absolute Gasteiger partial charge is 0.461 e. The number of imidazole rings is 1. The molecule has 2 heterocycles. The van der Waals surface area contributed by atoms with E-state index in [9.17, 15) is 4.79 Å². The molecule has 17 heavy (non-hydrogen) atoms. The van der Waals surface area contributed by atoms with Crippen LogP contribution in [0.15, 0.2) is 6.20 Å². The van der Waals surface area contributed by atoms with E-state index in [0.717, 1.165) is 0 Å². The first-order valence-electron chi connectivity index (χ1n) is 4.92. The van der Waals surface area contributed by atoms with Crippen molar-refractivity contribution in [1.82, 2.24) is 14.6 Å². The molecule has 90 valence electrons. The average molecular weight is 274 g/mol. The summed E-state index contributed by atoms with van der Waals surface area (Å²) in [6.07, 6.45) is 1.36. The van der Waals surface area contributed by atoms with E-state index in [0.29, 0.717) is 16.2 Å². The Bertz CT molecular complexity index is 595. The van der Waals surface area contributed by atoms with Crippen LogP contribution in [-0.4, -0.2) is 27.2 Å². The van der Waals surface area contributed by atoms with Crippen LogP contribution in [0.3, 0.4) is 0 Å². The predicted molar refractivity (Wildman–Crippen MR) is 63.7 cm³/mol. The van der Waals surface area contributed by atoms with E-state index in [4.69, 9.17) is 27.9 Å². The van der Waals surface area contributed by atoms with Gasteiger partial charge in [-0.15, -0.1) is 0 Å². The molecule has 2 aromatic rings. The maximum Gasteiger partial charge on any atom is 0.358 e. The van der Waals surface area contributed by atoms with E-state index >= 15 is 0 Å². The van der Waals surface area contributed by atoms with Gasteiger partial charge in [-0.25, -0.2) is 14.3 Å². The molecule has 7 heteroatoms. The normalized spacial score (nSPS) is 10.8. The van der Waals surface area contributed by atoms with Crippen LogP contribution in [-0.2, 0) is 4.74 Å². The number of fused-ring (bicyclic) bond motifs is 1. The first kappa shape index (κ1) is 12.1. The summed E-state index contributed by atoms with van der Waals surface area (Å²) in [5.41, 5.74) is 1.21. The Labute approximate surface area is 107 Å². The van der Waals surface area contributed by atoms with Crippen molar-refractivity contribution in [3.63, 3.8) is 0 Å². The monoisotopic (exact) mass is 273 g/mol. The molecule has 0 unspecified atom stereocenters. The molecule has 0 aromatic carbocycles. The highest BCUT2D eigenvalue weighted by atomic mass is 35.5. The fraction of sp³-hybridized carbons (Fsp3) is 0.300. The van der Waals surface area contributed by atoms with E-state index < -0.39 is 5.97 Å². The molecule has 0 saturated carbocycles. The lowest BCUT2D eigenvalue weighted by Crippen LogP contribution is -2.10. The maximum atomic E-state index is 11.6. The van der Waals surface area contributed by atoms with E-state index in [1.807, 2.05) is 0 Å². The van der Waals surface area contributed by atoms with Crippen LogP contribution in [0.25, 0.3) is 5.65 Å². The third kappa shape index (κ3) is 1.96. The van der Waals surface area contributed by atoms with Crippen LogP contribution in [0.1, 0.15) is 23.0 Å². The number of rotatable bonds is 2. The van der Waals surface area contributed by atoms with Crippen LogP contribution in [0.2, 0.25) is 10.2 Å². The van der Waals surface area contributed by atoms with E-state index in [2.05, 4.69) is 10.1 Å². The Hall–Kier alpha value is -1.33. The topological polar surface area (TPSA) is 56.5 Å². The summed E-state index contributed by atoms with van der Waals surface area (Å²) in [6.45, 7) is 3.73. The van der Waals surface area contributed by atoms with Crippen molar-refractivity contribution >= 4 is 34.8 Å². The number of nitrogens with zero attached hydrogens (tertiary/aromatic N) is 3. The number of halogens is 2. The molecule has 0 spiro atoms. The summed E-state index contributed by atoms with van der Waals surface area (Å²) < 4.78 is 6.17. The van der Waals surface area contributed by atoms with Crippen molar-refractivity contribution in [2.75, 3.05) is 6.61 Å². The van der Waals surface area contributed by atoms with Gasteiger partial charge < -0.3 is 4.74 Å². The molecule has 0 bridgehead atoms. The van der Waals surface area contributed by atoms with Gasteiger partial charge in [-0.3, -0.25) is 0 Å². The van der Waals surface area contributed by atoms with E-state index in [1.165, 1.54) is 10.7 Å². The Morgan fingerprint density at radius 3 is 2.88 bits per heavy atom. The summed E-state index contributed by atoms with van der Waals surface area (Å²) in [6, 6.07) is 0. The van der Waals surface area contributed by atoms with Gasteiger partial charge in [0.2, 0.25) is 0 Å². The summed E-state index contributed by atoms with van der Waals surface area (Å²) >= 11 is 12.0. The molecule has 0 atom stereocenters. The molecule has 0 saturated heterocycles. The SMILES string of the molecule is CCOC(=O)c1cnc2c(Cl)c(C)c(Cl)nn12. The Balaban J connectivity index is 2.65. The number of carbonyl (C=O) groups excluding carboxylic acids is 1. The molecule has 0 radical (unpaired) electrons. The number of hydrogen-bond acceptors (Lipinski definition) is 4. The fourth-order valence-electron chi connectivity index (χ4n) is 1.36. The minimum atomic E-state index is -0.511. The van der Waals surface area contributed by atoms with Gasteiger partial charge >= 0.3 is 5.97 Å². The zero-order valence-electron chi connectivity index (χ0n) is 9.20. The van der Waals surface area contributed by atoms with Crippen LogP contribution in [0, 0.1) is 6.92 Å². The summed E-state index contributed by atoms with van der Waals surface area (Å²) in [5.74, 6) is -0.511. The molecule has 2 rings (SSSR count). The van der Waals surface area contributed by atoms with Crippen LogP contribution >= 0.6 is 23.2 Å². The molecule has 0 N–H and O–H groups in total. The van der Waals surface area contributed by atoms with Crippen LogP contribution in [0.5, 0.6) is 0 Å². The summed E-state index contributed by atoms with van der Waals surface area (Å²) in [5, 5.41) is 4.64. The summed E-state index contributed by atoms with van der Waals surface area (Å²) in [4.78, 5) is 15.7. The van der Waals surface area contributed by atoms with Gasteiger partial charge in [0, 0.05) is 5.56 Å². The first-order valence-corrected chi connectivity index (χ1v) is 5.68. The highest BCUT2D eigenvalue weighted by Crippen LogP contribution is 2.25. The number of carbonyl (C=O) groups is 1. The lowest BCUT2D eigenvalue weighted by Gasteiger charge is -2.04. The van der Waals surface area contributed by atoms with Crippen molar-refractivity contribution in [3.05, 3.63) is 27.6 Å². The number of esters is 1. The zero-order valence-corrected chi connectivity index (χ0v) is 10.7. The van der Waals surface area contributed by atoms with Gasteiger partial charge in [0.25, 0.3) is 0 Å². The highest BCUT2D eigenvalue weighted by Gasteiger charge is 2.18. The predicted octanol–water partition coefficient (Wildman–Crippen LogP) is 2.52. The lowest BCUT2D eigenvalue weighted by molar-refractivity contribution is 0.0516. The van der Waals surface area contributed by atoms with Crippen LogP contribution < -0.4 is 0 Å². The van der Waals surface area contributed by atoms with Gasteiger partial charge in [-0.05, 0) is 13.8 Å². The maximum absolute atomic E-state index is 11.6. The standard InChI is InChI=1S/C10H9Cl2N3O2/c1-3-17-10(16)6-4-13-9-7(11)5(2)8(12)14-15(6)9/h4H,3H2,1-2H3. The Kier molecular flexibility index (Phi) is 3.22. The second kappa shape index (κ2) is 4.50. The molecule has 5 nitrogen and oxygen atoms in total.